The Morgan fingerprint density at radius 3 is 2.12 bits per heavy atom. The van der Waals surface area contributed by atoms with Gasteiger partial charge in [-0.05, 0) is 0 Å². The summed E-state index contributed by atoms with van der Waals surface area (Å²) in [5.74, 6) is -1.06. The van der Waals surface area contributed by atoms with Crippen molar-refractivity contribution < 1.29 is 14.5 Å². The number of rotatable bonds is 2. The van der Waals surface area contributed by atoms with Crippen LogP contribution in [0.1, 0.15) is 0 Å². The van der Waals surface area contributed by atoms with Crippen LogP contribution in [0.5, 0.6) is 0 Å². The maximum absolute atomic E-state index is 10.5. The Balaban J connectivity index is 3.55. The van der Waals surface area contributed by atoms with Crippen LogP contribution in [-0.2, 0) is 4.79 Å². The second-order valence-electron chi connectivity index (χ2n) is 2.13. The Morgan fingerprint density at radius 1 is 1.75 bits per heavy atom. The van der Waals surface area contributed by atoms with Gasteiger partial charge in [-0.1, -0.05) is 0 Å². The molecule has 0 aliphatic heterocycles. The van der Waals surface area contributed by atoms with Gasteiger partial charge in [-0.2, -0.15) is 0 Å². The van der Waals surface area contributed by atoms with E-state index in [1.165, 1.54) is 14.1 Å². The standard InChI is InChI=1S/C4H9NO3/c1-5(2,8)3-4(6)7/h3H2,1-2H3,(H,6,7). The van der Waals surface area contributed by atoms with E-state index >= 15 is 0 Å². The highest BCUT2D eigenvalue weighted by Gasteiger charge is 2.06. The first-order valence-electron chi connectivity index (χ1n) is 2.17. The van der Waals surface area contributed by atoms with Crippen molar-refractivity contribution in [3.05, 3.63) is 5.21 Å². The lowest BCUT2D eigenvalue weighted by molar-refractivity contribution is -0.832. The molecule has 0 radical (unpaired) electrons. The molecule has 0 aliphatic rings. The van der Waals surface area contributed by atoms with E-state index in [4.69, 9.17) is 5.11 Å². The Hall–Kier alpha value is -0.610. The van der Waals surface area contributed by atoms with Crippen LogP contribution in [0.25, 0.3) is 0 Å². The first-order chi connectivity index (χ1) is 3.42. The highest BCUT2D eigenvalue weighted by atomic mass is 16.5. The van der Waals surface area contributed by atoms with E-state index in [2.05, 4.69) is 0 Å². The number of carboxylic acid groups (broad SMARTS) is 1. The molecule has 0 saturated heterocycles. The second-order valence-corrected chi connectivity index (χ2v) is 2.13. The van der Waals surface area contributed by atoms with Crippen LogP contribution in [0, 0.1) is 5.21 Å². The summed E-state index contributed by atoms with van der Waals surface area (Å²) in [5.41, 5.74) is 0. The normalized spacial score (nSPS) is 11.4. The molecule has 0 saturated carbocycles. The summed E-state index contributed by atoms with van der Waals surface area (Å²) in [5, 5.41) is 18.5. The van der Waals surface area contributed by atoms with Crippen molar-refractivity contribution in [2.75, 3.05) is 20.6 Å². The van der Waals surface area contributed by atoms with Gasteiger partial charge in [0.05, 0.1) is 14.1 Å². The lowest BCUT2D eigenvalue weighted by Gasteiger charge is -2.31. The van der Waals surface area contributed by atoms with Crippen molar-refractivity contribution >= 4 is 5.97 Å². The smallest absolute Gasteiger partial charge is 0.359 e. The quantitative estimate of drug-likeness (QED) is 0.399. The highest BCUT2D eigenvalue weighted by Crippen LogP contribution is 1.88. The van der Waals surface area contributed by atoms with Crippen molar-refractivity contribution in [1.82, 2.24) is 0 Å². The van der Waals surface area contributed by atoms with E-state index in [9.17, 15) is 10.0 Å². The highest BCUT2D eigenvalue weighted by molar-refractivity contribution is 5.67. The van der Waals surface area contributed by atoms with Crippen molar-refractivity contribution in [2.45, 2.75) is 0 Å². The average molecular weight is 119 g/mol. The van der Waals surface area contributed by atoms with E-state index in [0.29, 0.717) is 0 Å². The predicted octanol–water partition coefficient (Wildman–Crippen LogP) is -0.355. The lowest BCUT2D eigenvalue weighted by atomic mass is 10.6. The summed E-state index contributed by atoms with van der Waals surface area (Å²) in [7, 11) is 2.57. The van der Waals surface area contributed by atoms with Crippen LogP contribution < -0.4 is 0 Å². The van der Waals surface area contributed by atoms with Crippen LogP contribution >= 0.6 is 0 Å². The van der Waals surface area contributed by atoms with Crippen molar-refractivity contribution in [1.29, 1.82) is 0 Å². The maximum Gasteiger partial charge on any atom is 0.359 e. The zero-order chi connectivity index (χ0) is 6.78. The molecular formula is C4H9NO3. The maximum atomic E-state index is 10.5. The molecule has 0 amide bonds. The molecule has 0 rings (SSSR count). The number of nitrogens with zero attached hydrogens (tertiary/aromatic N) is 1. The number of quaternary nitrogens is 1. The van der Waals surface area contributed by atoms with E-state index in [1.54, 1.807) is 0 Å². The minimum Gasteiger partial charge on any atom is -0.633 e. The molecular weight excluding hydrogens is 110 g/mol. The summed E-state index contributed by atoms with van der Waals surface area (Å²) >= 11 is 0. The molecule has 0 unspecified atom stereocenters. The van der Waals surface area contributed by atoms with E-state index < -0.39 is 10.6 Å². The monoisotopic (exact) mass is 119 g/mol. The van der Waals surface area contributed by atoms with E-state index in [1.807, 2.05) is 0 Å². The van der Waals surface area contributed by atoms with Crippen LogP contribution in [-0.4, -0.2) is 36.4 Å². The van der Waals surface area contributed by atoms with Crippen LogP contribution in [0.2, 0.25) is 0 Å². The van der Waals surface area contributed by atoms with Crippen LogP contribution in [0.15, 0.2) is 0 Å². The van der Waals surface area contributed by atoms with Gasteiger partial charge in [-0.15, -0.1) is 0 Å². The van der Waals surface area contributed by atoms with E-state index in [-0.39, 0.29) is 6.54 Å². The van der Waals surface area contributed by atoms with Gasteiger partial charge in [0.25, 0.3) is 0 Å². The molecule has 0 aromatic carbocycles. The van der Waals surface area contributed by atoms with Gasteiger partial charge < -0.3 is 15.0 Å². The minimum atomic E-state index is -1.06. The van der Waals surface area contributed by atoms with Gasteiger partial charge >= 0.3 is 5.97 Å². The average Bonchev–Trinajstić information content (AvgIpc) is 1.21. The molecule has 4 heteroatoms. The summed E-state index contributed by atoms with van der Waals surface area (Å²) in [4.78, 5) is 9.80. The van der Waals surface area contributed by atoms with Gasteiger partial charge in [0.15, 0.2) is 6.54 Å². The third-order valence-electron chi connectivity index (χ3n) is 0.516. The summed E-state index contributed by atoms with van der Waals surface area (Å²) in [6.45, 7) is -0.375. The fourth-order valence-electron chi connectivity index (χ4n) is 0.326. The van der Waals surface area contributed by atoms with Gasteiger partial charge in [0.1, 0.15) is 0 Å². The number of carbonyl (C=O) groups is 1. The fourth-order valence-corrected chi connectivity index (χ4v) is 0.326. The molecule has 4 nitrogen and oxygen atoms in total. The topological polar surface area (TPSA) is 60.4 Å². The fraction of sp³-hybridized carbons (Fsp3) is 0.750. The first-order valence-corrected chi connectivity index (χ1v) is 2.17. The van der Waals surface area contributed by atoms with Gasteiger partial charge in [0, 0.05) is 0 Å². The third kappa shape index (κ3) is 5.39. The number of aliphatic carboxylic acids is 1. The van der Waals surface area contributed by atoms with Gasteiger partial charge in [0.2, 0.25) is 0 Å². The number of carboxylic acids is 1. The summed E-state index contributed by atoms with van der Waals surface area (Å²) in [6.07, 6.45) is 0. The second kappa shape index (κ2) is 2.11. The van der Waals surface area contributed by atoms with E-state index in [0.717, 1.165) is 0 Å². The molecule has 0 spiro atoms. The molecule has 0 heterocycles. The number of likely N-dealkylation sites (N-methyl/N-ethyl adjacent to an activating group) is 1. The Kier molecular flexibility index (Phi) is 1.94. The predicted molar refractivity (Wildman–Crippen MR) is 28.0 cm³/mol. The molecule has 0 atom stereocenters. The van der Waals surface area contributed by atoms with Crippen molar-refractivity contribution in [2.24, 2.45) is 0 Å². The molecule has 0 aromatic heterocycles. The first kappa shape index (κ1) is 7.39. The summed E-state index contributed by atoms with van der Waals surface area (Å²) in [6, 6.07) is 0. The molecule has 0 aromatic rings. The number of hydrogen-bond acceptors (Lipinski definition) is 2. The van der Waals surface area contributed by atoms with Crippen molar-refractivity contribution in [3.8, 4) is 0 Å². The van der Waals surface area contributed by atoms with Crippen LogP contribution in [0.4, 0.5) is 0 Å². The number of hydrogen-bond donors (Lipinski definition) is 1. The summed E-state index contributed by atoms with van der Waals surface area (Å²) < 4.78 is -0.769. The molecule has 0 bridgehead atoms. The lowest BCUT2D eigenvalue weighted by Crippen LogP contribution is -2.37. The van der Waals surface area contributed by atoms with Crippen molar-refractivity contribution in [3.63, 3.8) is 0 Å². The third-order valence-corrected chi connectivity index (χ3v) is 0.516. The van der Waals surface area contributed by atoms with Gasteiger partial charge in [-0.25, -0.2) is 4.79 Å². The molecule has 48 valence electrons. The molecule has 0 fully saturated rings. The van der Waals surface area contributed by atoms with Gasteiger partial charge in [-0.3, -0.25) is 0 Å². The number of hydroxylamine groups is 3. The zero-order valence-electron chi connectivity index (χ0n) is 4.92. The molecule has 1 N–H and O–H groups in total. The molecule has 8 heavy (non-hydrogen) atoms. The largest absolute Gasteiger partial charge is 0.633 e. The Labute approximate surface area is 47.5 Å². The Morgan fingerprint density at radius 2 is 2.12 bits per heavy atom. The minimum absolute atomic E-state index is 0.375. The van der Waals surface area contributed by atoms with Crippen LogP contribution in [0.3, 0.4) is 0 Å². The zero-order valence-corrected chi connectivity index (χ0v) is 4.92. The molecule has 0 aliphatic carbocycles. The SMILES string of the molecule is C[N+](C)([O-])CC(=O)O. The Bertz CT molecular complexity index is 93.9.